The third kappa shape index (κ3) is 1.68. The van der Waals surface area contributed by atoms with E-state index in [1.165, 1.54) is 0 Å². The molecule has 17 heavy (non-hydrogen) atoms. The van der Waals surface area contributed by atoms with Crippen molar-refractivity contribution < 1.29 is 14.3 Å². The lowest BCUT2D eigenvalue weighted by Crippen LogP contribution is -2.23. The first-order valence-corrected chi connectivity index (χ1v) is 5.74. The first-order valence-electron chi connectivity index (χ1n) is 5.74. The average Bonchev–Trinajstić information content (AvgIpc) is 2.86. The second kappa shape index (κ2) is 3.84. The summed E-state index contributed by atoms with van der Waals surface area (Å²) >= 11 is 0. The van der Waals surface area contributed by atoms with Crippen LogP contribution in [0.4, 0.5) is 0 Å². The van der Waals surface area contributed by atoms with Gasteiger partial charge in [-0.3, -0.25) is 4.79 Å². The summed E-state index contributed by atoms with van der Waals surface area (Å²) in [7, 11) is 0. The van der Waals surface area contributed by atoms with E-state index in [2.05, 4.69) is 0 Å². The maximum atomic E-state index is 11.8. The van der Waals surface area contributed by atoms with Gasteiger partial charge in [0.2, 0.25) is 0 Å². The van der Waals surface area contributed by atoms with Crippen LogP contribution in [0.1, 0.15) is 16.8 Å². The molecule has 3 nitrogen and oxygen atoms in total. The molecule has 3 rings (SSSR count). The number of carbonyl (C=O) groups excluding carboxylic acids is 2. The smallest absolute Gasteiger partial charge is 0.338 e. The van der Waals surface area contributed by atoms with E-state index >= 15 is 0 Å². The maximum Gasteiger partial charge on any atom is 0.338 e. The Balaban J connectivity index is 1.71. The molecule has 3 heteroatoms. The number of carbonyl (C=O) groups is 2. The molecule has 2 aliphatic carbocycles. The molecule has 1 fully saturated rings. The summed E-state index contributed by atoms with van der Waals surface area (Å²) in [5.41, 5.74) is 0.534. The molecule has 0 amide bonds. The Hall–Kier alpha value is -1.90. The van der Waals surface area contributed by atoms with Crippen molar-refractivity contribution in [2.24, 2.45) is 11.8 Å². The molecule has 0 saturated heterocycles. The van der Waals surface area contributed by atoms with Crippen LogP contribution < -0.4 is 0 Å². The van der Waals surface area contributed by atoms with E-state index < -0.39 is 0 Å². The Morgan fingerprint density at radius 2 is 1.94 bits per heavy atom. The van der Waals surface area contributed by atoms with Gasteiger partial charge in [0.15, 0.2) is 0 Å². The fourth-order valence-electron chi connectivity index (χ4n) is 2.49. The standard InChI is InChI=1S/C14H12O3/c15-13-10-6-7-11(13)12(8-10)17-14(16)9-4-2-1-3-5-9/h1-7,10-12H,8H2/t10-,11+,12+/m1/s1. The number of hydrogen-bond donors (Lipinski definition) is 0. The number of ether oxygens (including phenoxy) is 1. The van der Waals surface area contributed by atoms with E-state index in [1.807, 2.05) is 18.2 Å². The van der Waals surface area contributed by atoms with Crippen molar-refractivity contribution in [2.45, 2.75) is 12.5 Å². The molecule has 1 aromatic carbocycles. The molecule has 0 N–H and O–H groups in total. The molecule has 0 radical (unpaired) electrons. The molecule has 0 unspecified atom stereocenters. The van der Waals surface area contributed by atoms with Gasteiger partial charge in [0, 0.05) is 5.92 Å². The van der Waals surface area contributed by atoms with Crippen molar-refractivity contribution in [3.8, 4) is 0 Å². The first-order chi connectivity index (χ1) is 8.25. The molecule has 2 aliphatic rings. The van der Waals surface area contributed by atoms with E-state index in [0.29, 0.717) is 12.0 Å². The number of esters is 1. The van der Waals surface area contributed by atoms with Gasteiger partial charge in [-0.2, -0.15) is 0 Å². The SMILES string of the molecule is O=C(O[C@H]1C[C@H]2C=C[C@@H]1C2=O)c1ccccc1. The van der Waals surface area contributed by atoms with Gasteiger partial charge in [0.05, 0.1) is 11.5 Å². The fourth-order valence-corrected chi connectivity index (χ4v) is 2.49. The Kier molecular flexibility index (Phi) is 2.32. The molecular formula is C14H12O3. The maximum absolute atomic E-state index is 11.8. The average molecular weight is 228 g/mol. The van der Waals surface area contributed by atoms with Crippen LogP contribution in [-0.4, -0.2) is 17.9 Å². The fraction of sp³-hybridized carbons (Fsp3) is 0.286. The largest absolute Gasteiger partial charge is 0.458 e. The minimum absolute atomic E-state index is 0.0337. The third-order valence-corrected chi connectivity index (χ3v) is 3.40. The van der Waals surface area contributed by atoms with Crippen molar-refractivity contribution >= 4 is 11.8 Å². The molecular weight excluding hydrogens is 216 g/mol. The lowest BCUT2D eigenvalue weighted by Gasteiger charge is -2.17. The van der Waals surface area contributed by atoms with Gasteiger partial charge in [-0.15, -0.1) is 0 Å². The normalized spacial score (nSPS) is 29.6. The van der Waals surface area contributed by atoms with Gasteiger partial charge in [0.1, 0.15) is 11.9 Å². The van der Waals surface area contributed by atoms with Crippen molar-refractivity contribution in [3.63, 3.8) is 0 Å². The number of Topliss-reactive ketones (excluding diaryl/α,β-unsaturated/α-hetero) is 1. The quantitative estimate of drug-likeness (QED) is 0.574. The van der Waals surface area contributed by atoms with Crippen LogP contribution in [0.25, 0.3) is 0 Å². The monoisotopic (exact) mass is 228 g/mol. The molecule has 3 atom stereocenters. The Bertz CT molecular complexity index is 489. The zero-order valence-electron chi connectivity index (χ0n) is 9.21. The predicted octanol–water partition coefficient (Wildman–Crippen LogP) is 1.99. The van der Waals surface area contributed by atoms with Gasteiger partial charge in [0.25, 0.3) is 0 Å². The highest BCUT2D eigenvalue weighted by atomic mass is 16.5. The molecule has 1 aromatic rings. The summed E-state index contributed by atoms with van der Waals surface area (Å²) in [6.07, 6.45) is 4.14. The van der Waals surface area contributed by atoms with Crippen LogP contribution in [0, 0.1) is 11.8 Å². The number of hydrogen-bond acceptors (Lipinski definition) is 3. The first kappa shape index (κ1) is 10.3. The Morgan fingerprint density at radius 1 is 1.18 bits per heavy atom. The predicted molar refractivity (Wildman–Crippen MR) is 61.4 cm³/mol. The molecule has 86 valence electrons. The van der Waals surface area contributed by atoms with Crippen LogP contribution in [0.3, 0.4) is 0 Å². The van der Waals surface area contributed by atoms with Crippen molar-refractivity contribution in [2.75, 3.05) is 0 Å². The van der Waals surface area contributed by atoms with Crippen LogP contribution in [0.5, 0.6) is 0 Å². The van der Waals surface area contributed by atoms with E-state index in [0.717, 1.165) is 0 Å². The van der Waals surface area contributed by atoms with Crippen molar-refractivity contribution in [3.05, 3.63) is 48.0 Å². The van der Waals surface area contributed by atoms with Gasteiger partial charge in [-0.05, 0) is 18.6 Å². The second-order valence-corrected chi connectivity index (χ2v) is 4.47. The number of benzene rings is 1. The van der Waals surface area contributed by atoms with Gasteiger partial charge < -0.3 is 4.74 Å². The van der Waals surface area contributed by atoms with Crippen LogP contribution >= 0.6 is 0 Å². The van der Waals surface area contributed by atoms with Crippen molar-refractivity contribution in [1.82, 2.24) is 0 Å². The van der Waals surface area contributed by atoms with E-state index in [-0.39, 0.29) is 29.7 Å². The third-order valence-electron chi connectivity index (χ3n) is 3.40. The van der Waals surface area contributed by atoms with Gasteiger partial charge in [-0.25, -0.2) is 4.79 Å². The lowest BCUT2D eigenvalue weighted by molar-refractivity contribution is -0.121. The molecule has 2 bridgehead atoms. The summed E-state index contributed by atoms with van der Waals surface area (Å²) in [5, 5.41) is 0. The van der Waals surface area contributed by atoms with Crippen LogP contribution in [0.15, 0.2) is 42.5 Å². The highest BCUT2D eigenvalue weighted by Gasteiger charge is 2.45. The van der Waals surface area contributed by atoms with Gasteiger partial charge in [-0.1, -0.05) is 30.4 Å². The highest BCUT2D eigenvalue weighted by molar-refractivity contribution is 5.94. The van der Waals surface area contributed by atoms with Crippen molar-refractivity contribution in [1.29, 1.82) is 0 Å². The van der Waals surface area contributed by atoms with Gasteiger partial charge >= 0.3 is 5.97 Å². The summed E-state index contributed by atoms with van der Waals surface area (Å²) in [5.74, 6) is -0.401. The van der Waals surface area contributed by atoms with Crippen LogP contribution in [-0.2, 0) is 9.53 Å². The highest BCUT2D eigenvalue weighted by Crippen LogP contribution is 2.37. The number of ketones is 1. The Labute approximate surface area is 99.1 Å². The summed E-state index contributed by atoms with van der Waals surface area (Å²) in [6, 6.07) is 8.87. The molecule has 0 aromatic heterocycles. The molecule has 1 saturated carbocycles. The molecule has 0 heterocycles. The zero-order valence-corrected chi connectivity index (χ0v) is 9.21. The van der Waals surface area contributed by atoms with E-state index in [4.69, 9.17) is 4.74 Å². The molecule has 0 spiro atoms. The minimum atomic E-state index is -0.343. The summed E-state index contributed by atoms with van der Waals surface area (Å²) in [6.45, 7) is 0. The zero-order chi connectivity index (χ0) is 11.8. The van der Waals surface area contributed by atoms with E-state index in [9.17, 15) is 9.59 Å². The number of allylic oxidation sites excluding steroid dienone is 1. The van der Waals surface area contributed by atoms with E-state index in [1.54, 1.807) is 24.3 Å². The Morgan fingerprint density at radius 3 is 2.53 bits per heavy atom. The lowest BCUT2D eigenvalue weighted by atomic mass is 10.0. The summed E-state index contributed by atoms with van der Waals surface area (Å²) in [4.78, 5) is 23.5. The minimum Gasteiger partial charge on any atom is -0.458 e. The number of rotatable bonds is 2. The topological polar surface area (TPSA) is 43.4 Å². The second-order valence-electron chi connectivity index (χ2n) is 4.47. The molecule has 0 aliphatic heterocycles. The summed E-state index contributed by atoms with van der Waals surface area (Å²) < 4.78 is 5.39. The number of fused-ring (bicyclic) bond motifs is 2. The van der Waals surface area contributed by atoms with Crippen LogP contribution in [0.2, 0.25) is 0 Å².